The molecule has 2 atom stereocenters. The minimum atomic E-state index is 0.270. The molecule has 0 aromatic heterocycles. The zero-order chi connectivity index (χ0) is 14.3. The van der Waals surface area contributed by atoms with E-state index in [9.17, 15) is 4.79 Å². The zero-order valence-electron chi connectivity index (χ0n) is 13.4. The van der Waals surface area contributed by atoms with Gasteiger partial charge in [-0.3, -0.25) is 4.79 Å². The average molecular weight is 267 g/mol. The second-order valence-electron chi connectivity index (χ2n) is 7.34. The molecule has 1 rings (SSSR count). The van der Waals surface area contributed by atoms with Crippen LogP contribution in [0, 0.1) is 11.3 Å². The molecule has 0 radical (unpaired) electrons. The molecule has 1 aliphatic rings. The lowest BCUT2D eigenvalue weighted by atomic mass is 9.70. The Bertz CT molecular complexity index is 272. The topological polar surface area (TPSA) is 29.1 Å². The first-order valence-corrected chi connectivity index (χ1v) is 8.22. The molecule has 0 aromatic carbocycles. The van der Waals surface area contributed by atoms with Gasteiger partial charge < -0.3 is 5.32 Å². The first-order chi connectivity index (χ1) is 8.93. The van der Waals surface area contributed by atoms with E-state index in [4.69, 9.17) is 0 Å². The van der Waals surface area contributed by atoms with Gasteiger partial charge in [-0.15, -0.1) is 0 Å². The van der Waals surface area contributed by atoms with Crippen molar-refractivity contribution in [3.05, 3.63) is 0 Å². The Morgan fingerprint density at radius 1 is 1.16 bits per heavy atom. The van der Waals surface area contributed by atoms with Crippen LogP contribution in [0.1, 0.15) is 85.5 Å². The largest absolute Gasteiger partial charge is 0.353 e. The van der Waals surface area contributed by atoms with Crippen LogP contribution < -0.4 is 5.32 Å². The molecule has 0 bridgehead atoms. The standard InChI is InChI=1S/C17H33NO/c1-5-6-7-8-9-10-16(19)18-15-11-14(2)12-17(3,4)13-15/h14-15H,5-13H2,1-4H3,(H,18,19). The molecule has 0 aromatic rings. The number of nitrogens with one attached hydrogen (secondary N) is 1. The van der Waals surface area contributed by atoms with E-state index in [2.05, 4.69) is 33.0 Å². The lowest BCUT2D eigenvalue weighted by Crippen LogP contribution is -2.42. The second-order valence-corrected chi connectivity index (χ2v) is 7.34. The summed E-state index contributed by atoms with van der Waals surface area (Å²) in [4.78, 5) is 12.0. The van der Waals surface area contributed by atoms with Gasteiger partial charge in [-0.25, -0.2) is 0 Å². The van der Waals surface area contributed by atoms with E-state index in [1.807, 2.05) is 0 Å². The summed E-state index contributed by atoms with van der Waals surface area (Å²) in [5, 5.41) is 3.26. The van der Waals surface area contributed by atoms with E-state index in [0.717, 1.165) is 31.6 Å². The second kappa shape index (κ2) is 7.91. The Balaban J connectivity index is 2.20. The van der Waals surface area contributed by atoms with Gasteiger partial charge in [-0.1, -0.05) is 53.4 Å². The Kier molecular flexibility index (Phi) is 6.88. The summed E-state index contributed by atoms with van der Waals surface area (Å²) in [6.07, 6.45) is 10.4. The summed E-state index contributed by atoms with van der Waals surface area (Å²) in [6.45, 7) is 9.18. The fraction of sp³-hybridized carbons (Fsp3) is 0.941. The minimum Gasteiger partial charge on any atom is -0.353 e. The zero-order valence-corrected chi connectivity index (χ0v) is 13.4. The molecule has 0 heterocycles. The molecule has 1 amide bonds. The molecule has 0 aliphatic heterocycles. The molecule has 112 valence electrons. The third kappa shape index (κ3) is 6.98. The van der Waals surface area contributed by atoms with Gasteiger partial charge in [0.25, 0.3) is 0 Å². The fourth-order valence-electron chi connectivity index (χ4n) is 3.64. The summed E-state index contributed by atoms with van der Waals surface area (Å²) in [5.41, 5.74) is 0.386. The van der Waals surface area contributed by atoms with Gasteiger partial charge in [0.2, 0.25) is 5.91 Å². The summed E-state index contributed by atoms with van der Waals surface area (Å²) < 4.78 is 0. The van der Waals surface area contributed by atoms with Crippen molar-refractivity contribution in [2.24, 2.45) is 11.3 Å². The molecule has 2 nitrogen and oxygen atoms in total. The highest BCUT2D eigenvalue weighted by molar-refractivity contribution is 5.76. The van der Waals surface area contributed by atoms with Crippen molar-refractivity contribution in [3.8, 4) is 0 Å². The van der Waals surface area contributed by atoms with Gasteiger partial charge in [0.15, 0.2) is 0 Å². The number of hydrogen-bond donors (Lipinski definition) is 1. The Morgan fingerprint density at radius 3 is 2.47 bits per heavy atom. The SMILES string of the molecule is CCCCCCCC(=O)NC1CC(C)CC(C)(C)C1. The highest BCUT2D eigenvalue weighted by Crippen LogP contribution is 2.38. The third-order valence-corrected chi connectivity index (χ3v) is 4.26. The van der Waals surface area contributed by atoms with Crippen LogP contribution in [0.25, 0.3) is 0 Å². The van der Waals surface area contributed by atoms with E-state index in [0.29, 0.717) is 11.5 Å². The van der Waals surface area contributed by atoms with E-state index in [1.54, 1.807) is 0 Å². The maximum atomic E-state index is 12.0. The first kappa shape index (κ1) is 16.5. The van der Waals surface area contributed by atoms with Crippen LogP contribution >= 0.6 is 0 Å². The third-order valence-electron chi connectivity index (χ3n) is 4.26. The molecule has 1 saturated carbocycles. The van der Waals surface area contributed by atoms with Crippen molar-refractivity contribution in [2.45, 2.75) is 91.5 Å². The van der Waals surface area contributed by atoms with Gasteiger partial charge in [0.1, 0.15) is 0 Å². The van der Waals surface area contributed by atoms with Crippen LogP contribution in [-0.2, 0) is 4.79 Å². The number of amides is 1. The van der Waals surface area contributed by atoms with Crippen LogP contribution in [0.15, 0.2) is 0 Å². The van der Waals surface area contributed by atoms with Crippen molar-refractivity contribution in [2.75, 3.05) is 0 Å². The predicted octanol–water partition coefficient (Wildman–Crippen LogP) is 4.68. The van der Waals surface area contributed by atoms with Crippen LogP contribution in [0.3, 0.4) is 0 Å². The summed E-state index contributed by atoms with van der Waals surface area (Å²) in [6, 6.07) is 0.405. The normalized spacial score (nSPS) is 26.1. The average Bonchev–Trinajstić information content (AvgIpc) is 2.25. The van der Waals surface area contributed by atoms with Gasteiger partial charge in [0.05, 0.1) is 0 Å². The Labute approximate surface area is 119 Å². The van der Waals surface area contributed by atoms with Crippen molar-refractivity contribution in [3.63, 3.8) is 0 Å². The predicted molar refractivity (Wildman–Crippen MR) is 82.1 cm³/mol. The van der Waals surface area contributed by atoms with E-state index in [-0.39, 0.29) is 5.91 Å². The molecule has 1 N–H and O–H groups in total. The van der Waals surface area contributed by atoms with Crippen molar-refractivity contribution < 1.29 is 4.79 Å². The number of unbranched alkanes of at least 4 members (excludes halogenated alkanes) is 4. The fourth-order valence-corrected chi connectivity index (χ4v) is 3.64. The number of carbonyl (C=O) groups is 1. The smallest absolute Gasteiger partial charge is 0.220 e. The van der Waals surface area contributed by atoms with Gasteiger partial charge in [-0.2, -0.15) is 0 Å². The van der Waals surface area contributed by atoms with Crippen LogP contribution in [0.2, 0.25) is 0 Å². The molecule has 1 fully saturated rings. The van der Waals surface area contributed by atoms with Crippen molar-refractivity contribution in [1.29, 1.82) is 0 Å². The monoisotopic (exact) mass is 267 g/mol. The Hall–Kier alpha value is -0.530. The van der Waals surface area contributed by atoms with Gasteiger partial charge in [-0.05, 0) is 37.0 Å². The summed E-state index contributed by atoms with van der Waals surface area (Å²) >= 11 is 0. The maximum Gasteiger partial charge on any atom is 0.220 e. The minimum absolute atomic E-state index is 0.270. The molecular formula is C17H33NO. The number of rotatable bonds is 7. The lowest BCUT2D eigenvalue weighted by molar-refractivity contribution is -0.122. The van der Waals surface area contributed by atoms with Gasteiger partial charge in [0, 0.05) is 12.5 Å². The van der Waals surface area contributed by atoms with Crippen LogP contribution in [-0.4, -0.2) is 11.9 Å². The highest BCUT2D eigenvalue weighted by Gasteiger charge is 2.32. The number of carbonyl (C=O) groups excluding carboxylic acids is 1. The quantitative estimate of drug-likeness (QED) is 0.667. The Morgan fingerprint density at radius 2 is 1.84 bits per heavy atom. The molecule has 1 aliphatic carbocycles. The van der Waals surface area contributed by atoms with E-state index >= 15 is 0 Å². The number of hydrogen-bond acceptors (Lipinski definition) is 1. The lowest BCUT2D eigenvalue weighted by Gasteiger charge is -2.39. The van der Waals surface area contributed by atoms with Gasteiger partial charge >= 0.3 is 0 Å². The molecular weight excluding hydrogens is 234 g/mol. The first-order valence-electron chi connectivity index (χ1n) is 8.22. The summed E-state index contributed by atoms with van der Waals surface area (Å²) in [5.74, 6) is 1.00. The van der Waals surface area contributed by atoms with Crippen molar-refractivity contribution >= 4 is 5.91 Å². The van der Waals surface area contributed by atoms with Crippen molar-refractivity contribution in [1.82, 2.24) is 5.32 Å². The molecule has 0 saturated heterocycles. The molecule has 2 unspecified atom stereocenters. The highest BCUT2D eigenvalue weighted by atomic mass is 16.1. The van der Waals surface area contributed by atoms with E-state index in [1.165, 1.54) is 32.1 Å². The summed E-state index contributed by atoms with van der Waals surface area (Å²) in [7, 11) is 0. The van der Waals surface area contributed by atoms with Crippen LogP contribution in [0.5, 0.6) is 0 Å². The van der Waals surface area contributed by atoms with E-state index < -0.39 is 0 Å². The van der Waals surface area contributed by atoms with Crippen LogP contribution in [0.4, 0.5) is 0 Å². The molecule has 19 heavy (non-hydrogen) atoms. The maximum absolute atomic E-state index is 12.0. The molecule has 0 spiro atoms. The molecule has 2 heteroatoms.